The maximum absolute atomic E-state index is 5.72. The predicted molar refractivity (Wildman–Crippen MR) is 60.4 cm³/mol. The minimum atomic E-state index is 0.494. The topological polar surface area (TPSA) is 56.7 Å². The van der Waals surface area contributed by atoms with Crippen LogP contribution >= 0.6 is 0 Å². The molecule has 2 N–H and O–H groups in total. The molecule has 4 heteroatoms. The Kier molecular flexibility index (Phi) is 2.67. The SMILES string of the molecule is Cc1c(N)nnn1C1CC(C)CC(C)C1. The molecule has 1 aliphatic rings. The lowest BCUT2D eigenvalue weighted by atomic mass is 9.80. The molecular formula is C11H20N4. The van der Waals surface area contributed by atoms with Crippen LogP contribution in [0.2, 0.25) is 0 Å². The zero-order valence-electron chi connectivity index (χ0n) is 9.77. The van der Waals surface area contributed by atoms with E-state index in [1.54, 1.807) is 0 Å². The fourth-order valence-electron chi connectivity index (χ4n) is 2.80. The van der Waals surface area contributed by atoms with Crippen LogP contribution in [-0.2, 0) is 0 Å². The fraction of sp³-hybridized carbons (Fsp3) is 0.818. The van der Waals surface area contributed by atoms with E-state index in [2.05, 4.69) is 24.2 Å². The van der Waals surface area contributed by atoms with Gasteiger partial charge in [-0.15, -0.1) is 5.10 Å². The third-order valence-electron chi connectivity index (χ3n) is 3.46. The number of nitrogens with two attached hydrogens (primary N) is 1. The van der Waals surface area contributed by atoms with E-state index in [9.17, 15) is 0 Å². The Labute approximate surface area is 90.8 Å². The zero-order chi connectivity index (χ0) is 11.0. The Balaban J connectivity index is 2.20. The molecule has 1 aromatic rings. The highest BCUT2D eigenvalue weighted by Crippen LogP contribution is 2.36. The molecule has 0 amide bonds. The lowest BCUT2D eigenvalue weighted by Gasteiger charge is -2.31. The van der Waals surface area contributed by atoms with Gasteiger partial charge < -0.3 is 5.73 Å². The maximum Gasteiger partial charge on any atom is 0.168 e. The van der Waals surface area contributed by atoms with Crippen LogP contribution in [0.15, 0.2) is 0 Å². The van der Waals surface area contributed by atoms with Crippen molar-refractivity contribution in [1.29, 1.82) is 0 Å². The summed E-state index contributed by atoms with van der Waals surface area (Å²) in [5, 5.41) is 8.08. The first-order valence-electron chi connectivity index (χ1n) is 5.75. The number of anilines is 1. The molecule has 2 unspecified atom stereocenters. The van der Waals surface area contributed by atoms with Gasteiger partial charge in [0.25, 0.3) is 0 Å². The van der Waals surface area contributed by atoms with Crippen molar-refractivity contribution in [3.8, 4) is 0 Å². The first-order valence-corrected chi connectivity index (χ1v) is 5.75. The number of nitrogens with zero attached hydrogens (tertiary/aromatic N) is 3. The zero-order valence-corrected chi connectivity index (χ0v) is 9.77. The molecular weight excluding hydrogens is 188 g/mol. The number of hydrogen-bond acceptors (Lipinski definition) is 3. The van der Waals surface area contributed by atoms with E-state index in [0.717, 1.165) is 17.5 Å². The van der Waals surface area contributed by atoms with Crippen LogP contribution in [-0.4, -0.2) is 15.0 Å². The van der Waals surface area contributed by atoms with Crippen LogP contribution in [0.4, 0.5) is 5.82 Å². The molecule has 0 radical (unpaired) electrons. The highest BCUT2D eigenvalue weighted by molar-refractivity contribution is 5.31. The van der Waals surface area contributed by atoms with Crippen LogP contribution < -0.4 is 5.73 Å². The fourth-order valence-corrected chi connectivity index (χ4v) is 2.80. The molecule has 2 rings (SSSR count). The van der Waals surface area contributed by atoms with E-state index in [1.807, 2.05) is 11.6 Å². The standard InChI is InChI=1S/C11H20N4/c1-7-4-8(2)6-10(5-7)15-9(3)11(12)13-14-15/h7-8,10H,4-6,12H2,1-3H3. The summed E-state index contributed by atoms with van der Waals surface area (Å²) in [4.78, 5) is 0. The molecule has 0 aromatic carbocycles. The van der Waals surface area contributed by atoms with Crippen LogP contribution in [0.25, 0.3) is 0 Å². The molecule has 1 aliphatic carbocycles. The molecule has 2 atom stereocenters. The van der Waals surface area contributed by atoms with Crippen LogP contribution in [0.3, 0.4) is 0 Å². The molecule has 0 saturated heterocycles. The van der Waals surface area contributed by atoms with Crippen molar-refractivity contribution in [2.45, 2.75) is 46.1 Å². The van der Waals surface area contributed by atoms with E-state index in [0.29, 0.717) is 11.9 Å². The van der Waals surface area contributed by atoms with Crippen LogP contribution in [0.1, 0.15) is 44.8 Å². The molecule has 1 fully saturated rings. The molecule has 0 bridgehead atoms. The summed E-state index contributed by atoms with van der Waals surface area (Å²) in [5.74, 6) is 2.13. The minimum Gasteiger partial charge on any atom is -0.381 e. The molecule has 15 heavy (non-hydrogen) atoms. The van der Waals surface area contributed by atoms with E-state index in [1.165, 1.54) is 19.3 Å². The number of nitrogen functional groups attached to an aromatic ring is 1. The van der Waals surface area contributed by atoms with E-state index >= 15 is 0 Å². The first kappa shape index (κ1) is 10.5. The van der Waals surface area contributed by atoms with Crippen molar-refractivity contribution < 1.29 is 0 Å². The molecule has 1 aromatic heterocycles. The highest BCUT2D eigenvalue weighted by Gasteiger charge is 2.27. The van der Waals surface area contributed by atoms with Gasteiger partial charge in [0.2, 0.25) is 0 Å². The summed E-state index contributed by atoms with van der Waals surface area (Å²) in [6.45, 7) is 6.63. The summed E-state index contributed by atoms with van der Waals surface area (Å²) in [6, 6.07) is 0.494. The summed E-state index contributed by atoms with van der Waals surface area (Å²) in [7, 11) is 0. The van der Waals surface area contributed by atoms with Gasteiger partial charge in [-0.3, -0.25) is 0 Å². The van der Waals surface area contributed by atoms with Gasteiger partial charge in [-0.2, -0.15) is 0 Å². The van der Waals surface area contributed by atoms with Gasteiger partial charge in [0.05, 0.1) is 11.7 Å². The second-order valence-electron chi connectivity index (χ2n) is 5.08. The normalized spacial score (nSPS) is 31.8. The second kappa shape index (κ2) is 3.83. The van der Waals surface area contributed by atoms with Gasteiger partial charge in [-0.05, 0) is 38.0 Å². The van der Waals surface area contributed by atoms with Gasteiger partial charge >= 0.3 is 0 Å². The van der Waals surface area contributed by atoms with Gasteiger partial charge in [0, 0.05) is 0 Å². The second-order valence-corrected chi connectivity index (χ2v) is 5.08. The van der Waals surface area contributed by atoms with Gasteiger partial charge in [0.1, 0.15) is 0 Å². The number of rotatable bonds is 1. The lowest BCUT2D eigenvalue weighted by Crippen LogP contribution is -2.24. The quantitative estimate of drug-likeness (QED) is 0.769. The average Bonchev–Trinajstić information content (AvgIpc) is 2.46. The minimum absolute atomic E-state index is 0.494. The molecule has 0 aliphatic heterocycles. The lowest BCUT2D eigenvalue weighted by molar-refractivity contribution is 0.206. The molecule has 1 heterocycles. The van der Waals surface area contributed by atoms with E-state index in [-0.39, 0.29) is 0 Å². The molecule has 84 valence electrons. The third-order valence-corrected chi connectivity index (χ3v) is 3.46. The smallest absolute Gasteiger partial charge is 0.168 e. The Morgan fingerprint density at radius 3 is 2.27 bits per heavy atom. The van der Waals surface area contributed by atoms with E-state index in [4.69, 9.17) is 5.73 Å². The Morgan fingerprint density at radius 1 is 1.20 bits per heavy atom. The van der Waals surface area contributed by atoms with Crippen molar-refractivity contribution in [2.75, 3.05) is 5.73 Å². The average molecular weight is 208 g/mol. The van der Waals surface area contributed by atoms with Crippen LogP contribution in [0, 0.1) is 18.8 Å². The highest BCUT2D eigenvalue weighted by atomic mass is 15.5. The van der Waals surface area contributed by atoms with Gasteiger partial charge in [-0.25, -0.2) is 4.68 Å². The summed E-state index contributed by atoms with van der Waals surface area (Å²) < 4.78 is 2.02. The van der Waals surface area contributed by atoms with Crippen LogP contribution in [0.5, 0.6) is 0 Å². The maximum atomic E-state index is 5.72. The van der Waals surface area contributed by atoms with Crippen molar-refractivity contribution in [3.63, 3.8) is 0 Å². The van der Waals surface area contributed by atoms with Crippen molar-refractivity contribution in [3.05, 3.63) is 5.69 Å². The van der Waals surface area contributed by atoms with Gasteiger partial charge in [-0.1, -0.05) is 19.1 Å². The summed E-state index contributed by atoms with van der Waals surface area (Å²) in [6.07, 6.45) is 3.74. The molecule has 4 nitrogen and oxygen atoms in total. The Bertz CT molecular complexity index is 334. The first-order chi connectivity index (χ1) is 7.08. The number of aromatic nitrogens is 3. The summed E-state index contributed by atoms with van der Waals surface area (Å²) in [5.41, 5.74) is 6.74. The monoisotopic (exact) mass is 208 g/mol. The molecule has 0 spiro atoms. The van der Waals surface area contributed by atoms with Crippen molar-refractivity contribution in [2.24, 2.45) is 11.8 Å². The van der Waals surface area contributed by atoms with Crippen molar-refractivity contribution >= 4 is 5.82 Å². The third kappa shape index (κ3) is 1.98. The Hall–Kier alpha value is -1.06. The van der Waals surface area contributed by atoms with Crippen molar-refractivity contribution in [1.82, 2.24) is 15.0 Å². The number of hydrogen-bond donors (Lipinski definition) is 1. The predicted octanol–water partition coefficient (Wildman–Crippen LogP) is 2.17. The van der Waals surface area contributed by atoms with Gasteiger partial charge in [0.15, 0.2) is 5.82 Å². The Morgan fingerprint density at radius 2 is 1.80 bits per heavy atom. The largest absolute Gasteiger partial charge is 0.381 e. The summed E-state index contributed by atoms with van der Waals surface area (Å²) >= 11 is 0. The van der Waals surface area contributed by atoms with E-state index < -0.39 is 0 Å². The molecule has 1 saturated carbocycles.